The van der Waals surface area contributed by atoms with Crippen molar-refractivity contribution in [3.05, 3.63) is 70.9 Å². The van der Waals surface area contributed by atoms with E-state index in [9.17, 15) is 9.59 Å². The van der Waals surface area contributed by atoms with Crippen molar-refractivity contribution in [3.63, 3.8) is 0 Å². The molecule has 2 heterocycles. The molecule has 3 atom stereocenters. The molecule has 2 aromatic carbocycles. The lowest BCUT2D eigenvalue weighted by atomic mass is 10.0. The van der Waals surface area contributed by atoms with Crippen molar-refractivity contribution in [2.24, 2.45) is 11.7 Å². The smallest absolute Gasteiger partial charge is 0.245 e. The summed E-state index contributed by atoms with van der Waals surface area (Å²) in [5.41, 5.74) is 9.46. The molecule has 38 heavy (non-hydrogen) atoms. The maximum Gasteiger partial charge on any atom is 0.245 e. The summed E-state index contributed by atoms with van der Waals surface area (Å²) < 4.78 is 0. The lowest BCUT2D eigenvalue weighted by molar-refractivity contribution is -0.139. The number of para-hydroxylation sites is 1. The number of hydrogen-bond acceptors (Lipinski definition) is 4. The van der Waals surface area contributed by atoms with Gasteiger partial charge in [-0.15, -0.1) is 0 Å². The Bertz CT molecular complexity index is 1190. The predicted octanol–water partition coefficient (Wildman–Crippen LogP) is 4.00. The van der Waals surface area contributed by atoms with Gasteiger partial charge in [0.2, 0.25) is 11.8 Å². The first-order valence-corrected chi connectivity index (χ1v) is 14.0. The Morgan fingerprint density at radius 3 is 2.55 bits per heavy atom. The second-order valence-corrected chi connectivity index (χ2v) is 11.4. The van der Waals surface area contributed by atoms with Crippen LogP contribution in [-0.4, -0.2) is 70.9 Å². The number of hydrogen-bond donors (Lipinski definition) is 3. The van der Waals surface area contributed by atoms with Gasteiger partial charge in [0.05, 0.1) is 6.04 Å². The highest BCUT2D eigenvalue weighted by atomic mass is 35.5. The quantitative estimate of drug-likeness (QED) is 0.364. The average Bonchev–Trinajstić information content (AvgIpc) is 3.31. The largest absolute Gasteiger partial charge is 0.358 e. The Morgan fingerprint density at radius 1 is 1.13 bits per heavy atom. The van der Waals surface area contributed by atoms with E-state index in [4.69, 9.17) is 17.3 Å². The standard InChI is InChI=1S/C30H40ClN5O2/c1-20(2)16-26(32)29(37)34-28(17-22-8-10-24(31)11-9-22)30(38)36-15-14-35(21(3)19-36)13-12-25-18-23-6-4-5-7-27(23)33-25/h4-11,18,20-21,26,28,33H,12-17,19,32H2,1-3H3,(H,34,37)/t21?,26?,28-/m0/s1. The van der Waals surface area contributed by atoms with Gasteiger partial charge in [0.15, 0.2) is 0 Å². The summed E-state index contributed by atoms with van der Waals surface area (Å²) in [5, 5.41) is 4.83. The van der Waals surface area contributed by atoms with Crippen LogP contribution in [0.1, 0.15) is 38.4 Å². The number of nitrogens with one attached hydrogen (secondary N) is 2. The van der Waals surface area contributed by atoms with E-state index >= 15 is 0 Å². The first-order valence-electron chi connectivity index (χ1n) is 13.6. The van der Waals surface area contributed by atoms with Crippen LogP contribution in [0.3, 0.4) is 0 Å². The molecule has 0 aliphatic carbocycles. The van der Waals surface area contributed by atoms with Crippen molar-refractivity contribution in [1.29, 1.82) is 0 Å². The number of carbonyl (C=O) groups excluding carboxylic acids is 2. The SMILES string of the molecule is CC(C)CC(N)C(=O)N[C@@H](Cc1ccc(Cl)cc1)C(=O)N1CCN(CCc2cc3ccccc3[nH]2)C(C)C1. The van der Waals surface area contributed by atoms with E-state index in [1.54, 1.807) is 12.1 Å². The van der Waals surface area contributed by atoms with Crippen LogP contribution in [-0.2, 0) is 22.4 Å². The summed E-state index contributed by atoms with van der Waals surface area (Å²) in [6.07, 6.45) is 1.89. The fraction of sp³-hybridized carbons (Fsp3) is 0.467. The van der Waals surface area contributed by atoms with Gasteiger partial charge in [-0.1, -0.05) is 55.8 Å². The van der Waals surface area contributed by atoms with Gasteiger partial charge >= 0.3 is 0 Å². The van der Waals surface area contributed by atoms with Gasteiger partial charge in [0.1, 0.15) is 6.04 Å². The van der Waals surface area contributed by atoms with Crippen LogP contribution < -0.4 is 11.1 Å². The molecule has 0 saturated carbocycles. The van der Waals surface area contributed by atoms with E-state index in [1.165, 1.54) is 11.1 Å². The zero-order chi connectivity index (χ0) is 27.2. The third kappa shape index (κ3) is 7.37. The fourth-order valence-electron chi connectivity index (χ4n) is 5.23. The van der Waals surface area contributed by atoms with Crippen LogP contribution in [0.4, 0.5) is 0 Å². The zero-order valence-electron chi connectivity index (χ0n) is 22.6. The van der Waals surface area contributed by atoms with Gasteiger partial charge in [-0.25, -0.2) is 0 Å². The Labute approximate surface area is 230 Å². The Kier molecular flexibility index (Phi) is 9.47. The molecule has 1 aromatic heterocycles. The number of benzene rings is 2. The minimum absolute atomic E-state index is 0.0628. The van der Waals surface area contributed by atoms with Gasteiger partial charge in [-0.05, 0) is 54.5 Å². The number of amides is 2. The van der Waals surface area contributed by atoms with Gasteiger partial charge in [0.25, 0.3) is 0 Å². The summed E-state index contributed by atoms with van der Waals surface area (Å²) in [6.45, 7) is 9.19. The molecule has 4 N–H and O–H groups in total. The molecule has 2 amide bonds. The molecule has 4 rings (SSSR count). The highest BCUT2D eigenvalue weighted by Gasteiger charge is 2.32. The number of H-pyrrole nitrogens is 1. The van der Waals surface area contributed by atoms with Gasteiger partial charge < -0.3 is 20.9 Å². The Hall–Kier alpha value is -2.87. The number of carbonyl (C=O) groups is 2. The first kappa shape index (κ1) is 28.1. The number of nitrogens with two attached hydrogens (primary N) is 1. The summed E-state index contributed by atoms with van der Waals surface area (Å²) >= 11 is 6.05. The van der Waals surface area contributed by atoms with E-state index in [-0.39, 0.29) is 17.9 Å². The van der Waals surface area contributed by atoms with E-state index in [0.29, 0.717) is 36.9 Å². The van der Waals surface area contributed by atoms with Crippen LogP contribution in [0.5, 0.6) is 0 Å². The molecular formula is C30H40ClN5O2. The Morgan fingerprint density at radius 2 is 1.87 bits per heavy atom. The van der Waals surface area contributed by atoms with Crippen molar-refractivity contribution >= 4 is 34.3 Å². The number of rotatable bonds is 10. The molecule has 204 valence electrons. The van der Waals surface area contributed by atoms with Crippen LogP contribution in [0.2, 0.25) is 5.02 Å². The van der Waals surface area contributed by atoms with Gasteiger partial charge in [-0.2, -0.15) is 0 Å². The van der Waals surface area contributed by atoms with Crippen molar-refractivity contribution in [3.8, 4) is 0 Å². The summed E-state index contributed by atoms with van der Waals surface area (Å²) in [7, 11) is 0. The number of nitrogens with zero attached hydrogens (tertiary/aromatic N) is 2. The van der Waals surface area contributed by atoms with E-state index in [0.717, 1.165) is 30.6 Å². The number of aromatic nitrogens is 1. The monoisotopic (exact) mass is 537 g/mol. The lowest BCUT2D eigenvalue weighted by Crippen LogP contribution is -2.59. The van der Waals surface area contributed by atoms with Crippen LogP contribution in [0.15, 0.2) is 54.6 Å². The van der Waals surface area contributed by atoms with Gasteiger partial charge in [-0.3, -0.25) is 14.5 Å². The second kappa shape index (κ2) is 12.8. The third-order valence-electron chi connectivity index (χ3n) is 7.36. The normalized spacial score (nSPS) is 18.1. The zero-order valence-corrected chi connectivity index (χ0v) is 23.4. The average molecular weight is 538 g/mol. The third-order valence-corrected chi connectivity index (χ3v) is 7.61. The number of halogens is 1. The molecule has 7 nitrogen and oxygen atoms in total. The van der Waals surface area contributed by atoms with E-state index in [2.05, 4.69) is 46.4 Å². The van der Waals surface area contributed by atoms with Gasteiger partial charge in [0, 0.05) is 61.3 Å². The molecule has 1 fully saturated rings. The first-order chi connectivity index (χ1) is 18.2. The maximum atomic E-state index is 13.7. The number of fused-ring (bicyclic) bond motifs is 1. The van der Waals surface area contributed by atoms with Crippen molar-refractivity contribution in [2.45, 2.75) is 58.2 Å². The van der Waals surface area contributed by atoms with Crippen molar-refractivity contribution < 1.29 is 9.59 Å². The van der Waals surface area contributed by atoms with Crippen molar-refractivity contribution in [1.82, 2.24) is 20.1 Å². The predicted molar refractivity (Wildman–Crippen MR) is 154 cm³/mol. The molecule has 8 heteroatoms. The molecule has 0 spiro atoms. The lowest BCUT2D eigenvalue weighted by Gasteiger charge is -2.41. The van der Waals surface area contributed by atoms with Crippen LogP contribution >= 0.6 is 11.6 Å². The minimum atomic E-state index is -0.674. The fourth-order valence-corrected chi connectivity index (χ4v) is 5.36. The maximum absolute atomic E-state index is 13.7. The molecule has 0 bridgehead atoms. The highest BCUT2D eigenvalue weighted by molar-refractivity contribution is 6.30. The number of piperazine rings is 1. The molecule has 0 radical (unpaired) electrons. The van der Waals surface area contributed by atoms with E-state index in [1.807, 2.05) is 36.9 Å². The second-order valence-electron chi connectivity index (χ2n) is 10.9. The van der Waals surface area contributed by atoms with Crippen LogP contribution in [0.25, 0.3) is 10.9 Å². The minimum Gasteiger partial charge on any atom is -0.358 e. The highest BCUT2D eigenvalue weighted by Crippen LogP contribution is 2.18. The van der Waals surface area contributed by atoms with Crippen molar-refractivity contribution in [2.75, 3.05) is 26.2 Å². The van der Waals surface area contributed by atoms with E-state index < -0.39 is 12.1 Å². The summed E-state index contributed by atoms with van der Waals surface area (Å²) in [6, 6.07) is 16.8. The molecular weight excluding hydrogens is 498 g/mol. The Balaban J connectivity index is 1.38. The molecule has 3 aromatic rings. The van der Waals surface area contributed by atoms with Crippen LogP contribution in [0, 0.1) is 5.92 Å². The summed E-state index contributed by atoms with van der Waals surface area (Å²) in [4.78, 5) is 34.4. The molecule has 1 aliphatic rings. The molecule has 2 unspecified atom stereocenters. The molecule has 1 aliphatic heterocycles. The topological polar surface area (TPSA) is 94.5 Å². The number of aromatic amines is 1. The summed E-state index contributed by atoms with van der Waals surface area (Å²) in [5.74, 6) is -0.0531. The molecule has 1 saturated heterocycles.